The van der Waals surface area contributed by atoms with Gasteiger partial charge in [-0.2, -0.15) is 0 Å². The molecule has 2 N–H and O–H groups in total. The molecule has 0 spiro atoms. The van der Waals surface area contributed by atoms with E-state index < -0.39 is 5.60 Å². The van der Waals surface area contributed by atoms with Crippen molar-refractivity contribution in [3.05, 3.63) is 18.2 Å². The third kappa shape index (κ3) is 4.09. The molecule has 3 rings (SSSR count). The molecular weight excluding hydrogens is 292 g/mol. The van der Waals surface area contributed by atoms with Gasteiger partial charge in [0.25, 0.3) is 0 Å². The van der Waals surface area contributed by atoms with Gasteiger partial charge in [-0.15, -0.1) is 0 Å². The van der Waals surface area contributed by atoms with Crippen LogP contribution in [0, 0.1) is 0 Å². The normalized spacial score (nSPS) is 21.5. The van der Waals surface area contributed by atoms with Gasteiger partial charge in [0.2, 0.25) is 0 Å². The van der Waals surface area contributed by atoms with Crippen LogP contribution in [0.4, 0.5) is 5.69 Å². The van der Waals surface area contributed by atoms with E-state index >= 15 is 0 Å². The number of ether oxygens (including phenoxy) is 2. The zero-order valence-electron chi connectivity index (χ0n) is 14.2. The van der Waals surface area contributed by atoms with Crippen LogP contribution in [0.1, 0.15) is 32.1 Å². The number of hydrogen-bond donors (Lipinski definition) is 2. The number of benzene rings is 1. The molecule has 0 aromatic heterocycles. The molecule has 5 heteroatoms. The number of piperidine rings is 1. The van der Waals surface area contributed by atoms with Crippen LogP contribution in [0.25, 0.3) is 0 Å². The first kappa shape index (κ1) is 16.4. The Kier molecular flexibility index (Phi) is 4.97. The Morgan fingerprint density at radius 1 is 1.13 bits per heavy atom. The molecular formula is C18H28N2O3. The summed E-state index contributed by atoms with van der Waals surface area (Å²) >= 11 is 0. The quantitative estimate of drug-likeness (QED) is 0.843. The Labute approximate surface area is 138 Å². The van der Waals surface area contributed by atoms with Gasteiger partial charge in [-0.05, 0) is 32.1 Å². The minimum Gasteiger partial charge on any atom is -0.497 e. The minimum atomic E-state index is -0.402. The van der Waals surface area contributed by atoms with Crippen molar-refractivity contribution >= 4 is 5.69 Å². The average molecular weight is 320 g/mol. The molecule has 2 fully saturated rings. The van der Waals surface area contributed by atoms with Crippen LogP contribution >= 0.6 is 0 Å². The summed E-state index contributed by atoms with van der Waals surface area (Å²) in [7, 11) is 3.34. The molecule has 1 aliphatic heterocycles. The monoisotopic (exact) mass is 320 g/mol. The van der Waals surface area contributed by atoms with Gasteiger partial charge in [-0.25, -0.2) is 0 Å². The maximum Gasteiger partial charge on any atom is 0.124 e. The van der Waals surface area contributed by atoms with Crippen LogP contribution in [-0.4, -0.2) is 55.5 Å². The number of hydrogen-bond acceptors (Lipinski definition) is 5. The van der Waals surface area contributed by atoms with Crippen molar-refractivity contribution in [2.24, 2.45) is 0 Å². The molecule has 1 saturated carbocycles. The van der Waals surface area contributed by atoms with Gasteiger partial charge >= 0.3 is 0 Å². The van der Waals surface area contributed by atoms with Crippen molar-refractivity contribution in [2.75, 3.05) is 39.2 Å². The highest BCUT2D eigenvalue weighted by atomic mass is 16.5. The predicted molar refractivity (Wildman–Crippen MR) is 91.4 cm³/mol. The van der Waals surface area contributed by atoms with E-state index in [1.54, 1.807) is 14.2 Å². The van der Waals surface area contributed by atoms with Crippen LogP contribution in [0.3, 0.4) is 0 Å². The first-order chi connectivity index (χ1) is 11.1. The zero-order valence-corrected chi connectivity index (χ0v) is 14.2. The van der Waals surface area contributed by atoms with Crippen molar-refractivity contribution in [1.82, 2.24) is 4.90 Å². The van der Waals surface area contributed by atoms with E-state index in [0.29, 0.717) is 6.04 Å². The Bertz CT molecular complexity index is 501. The lowest BCUT2D eigenvalue weighted by atomic mass is 9.79. The van der Waals surface area contributed by atoms with Crippen LogP contribution in [0.15, 0.2) is 18.2 Å². The van der Waals surface area contributed by atoms with E-state index in [2.05, 4.69) is 10.2 Å². The summed E-state index contributed by atoms with van der Waals surface area (Å²) in [5, 5.41) is 13.9. The second-order valence-electron chi connectivity index (χ2n) is 6.87. The van der Waals surface area contributed by atoms with Crippen molar-refractivity contribution < 1.29 is 14.6 Å². The lowest BCUT2D eigenvalue weighted by Crippen LogP contribution is -2.51. The van der Waals surface area contributed by atoms with Gasteiger partial charge < -0.3 is 24.8 Å². The topological polar surface area (TPSA) is 54.0 Å². The van der Waals surface area contributed by atoms with Crippen molar-refractivity contribution in [3.8, 4) is 11.5 Å². The summed E-state index contributed by atoms with van der Waals surface area (Å²) in [5.41, 5.74) is 0.637. The summed E-state index contributed by atoms with van der Waals surface area (Å²) < 4.78 is 10.6. The van der Waals surface area contributed by atoms with Gasteiger partial charge in [-0.1, -0.05) is 0 Å². The summed E-state index contributed by atoms with van der Waals surface area (Å²) in [6, 6.07) is 6.35. The fraction of sp³-hybridized carbons (Fsp3) is 0.667. The number of rotatable bonds is 6. The van der Waals surface area contributed by atoms with Gasteiger partial charge in [0.05, 0.1) is 19.8 Å². The average Bonchev–Trinajstić information content (AvgIpc) is 2.54. The van der Waals surface area contributed by atoms with Gasteiger partial charge in [0.15, 0.2) is 0 Å². The lowest BCUT2D eigenvalue weighted by Gasteiger charge is -2.43. The second-order valence-corrected chi connectivity index (χ2v) is 6.87. The van der Waals surface area contributed by atoms with E-state index in [-0.39, 0.29) is 0 Å². The highest BCUT2D eigenvalue weighted by Gasteiger charge is 2.36. The number of anilines is 1. The van der Waals surface area contributed by atoms with E-state index in [1.807, 2.05) is 18.2 Å². The Balaban J connectivity index is 1.52. The lowest BCUT2D eigenvalue weighted by molar-refractivity contribution is -0.0618. The molecule has 2 aliphatic rings. The Morgan fingerprint density at radius 3 is 2.22 bits per heavy atom. The first-order valence-corrected chi connectivity index (χ1v) is 8.54. The largest absolute Gasteiger partial charge is 0.497 e. The molecule has 5 nitrogen and oxygen atoms in total. The number of aliphatic hydroxyl groups is 1. The number of likely N-dealkylation sites (tertiary alicyclic amines) is 1. The van der Waals surface area contributed by atoms with Gasteiger partial charge in [0, 0.05) is 49.6 Å². The standard InChI is InChI=1S/C18H28N2O3/c1-22-16-10-15(11-17(12-16)23-2)19-14-4-8-20(9-5-14)13-18(21)6-3-7-18/h10-12,14,19,21H,3-9,13H2,1-2H3. The molecule has 0 radical (unpaired) electrons. The molecule has 0 unspecified atom stereocenters. The maximum atomic E-state index is 10.3. The molecule has 1 aromatic carbocycles. The number of nitrogens with zero attached hydrogens (tertiary/aromatic N) is 1. The van der Waals surface area contributed by atoms with Crippen molar-refractivity contribution in [1.29, 1.82) is 0 Å². The van der Waals surface area contributed by atoms with E-state index in [9.17, 15) is 5.11 Å². The Morgan fingerprint density at radius 2 is 1.74 bits per heavy atom. The highest BCUT2D eigenvalue weighted by Crippen LogP contribution is 2.33. The van der Waals surface area contributed by atoms with Crippen LogP contribution < -0.4 is 14.8 Å². The van der Waals surface area contributed by atoms with Crippen molar-refractivity contribution in [2.45, 2.75) is 43.7 Å². The third-order valence-electron chi connectivity index (χ3n) is 5.11. The SMILES string of the molecule is COc1cc(NC2CCN(CC3(O)CCC3)CC2)cc(OC)c1. The molecule has 1 aliphatic carbocycles. The number of methoxy groups -OCH3 is 2. The Hall–Kier alpha value is -1.46. The fourth-order valence-electron chi connectivity index (χ4n) is 3.52. The van der Waals surface area contributed by atoms with E-state index in [0.717, 1.165) is 62.5 Å². The fourth-order valence-corrected chi connectivity index (χ4v) is 3.52. The molecule has 128 valence electrons. The molecule has 0 bridgehead atoms. The van der Waals surface area contributed by atoms with Gasteiger partial charge in [0.1, 0.15) is 11.5 Å². The number of nitrogens with one attached hydrogen (secondary N) is 1. The third-order valence-corrected chi connectivity index (χ3v) is 5.11. The summed E-state index contributed by atoms with van der Waals surface area (Å²) in [4.78, 5) is 2.41. The highest BCUT2D eigenvalue weighted by molar-refractivity contribution is 5.54. The van der Waals surface area contributed by atoms with Crippen LogP contribution in [0.5, 0.6) is 11.5 Å². The predicted octanol–water partition coefficient (Wildman–Crippen LogP) is 2.50. The molecule has 0 atom stereocenters. The molecule has 1 aromatic rings. The van der Waals surface area contributed by atoms with Crippen molar-refractivity contribution in [3.63, 3.8) is 0 Å². The number of β-amino-alcohol motifs (C(OH)–C–C–N with tert-alkyl or cyclic N) is 1. The molecule has 23 heavy (non-hydrogen) atoms. The van der Waals surface area contributed by atoms with Crippen LogP contribution in [0.2, 0.25) is 0 Å². The summed E-state index contributed by atoms with van der Waals surface area (Å²) in [6.07, 6.45) is 5.29. The summed E-state index contributed by atoms with van der Waals surface area (Å²) in [5.74, 6) is 1.60. The van der Waals surface area contributed by atoms with Gasteiger partial charge in [-0.3, -0.25) is 0 Å². The smallest absolute Gasteiger partial charge is 0.124 e. The second kappa shape index (κ2) is 6.97. The molecule has 1 saturated heterocycles. The maximum absolute atomic E-state index is 10.3. The summed E-state index contributed by atoms with van der Waals surface area (Å²) in [6.45, 7) is 2.93. The first-order valence-electron chi connectivity index (χ1n) is 8.54. The zero-order chi connectivity index (χ0) is 16.3. The van der Waals surface area contributed by atoms with Crippen LogP contribution in [-0.2, 0) is 0 Å². The molecule has 1 heterocycles. The van der Waals surface area contributed by atoms with E-state index in [4.69, 9.17) is 9.47 Å². The molecule has 0 amide bonds. The van der Waals surface area contributed by atoms with E-state index in [1.165, 1.54) is 6.42 Å². The minimum absolute atomic E-state index is 0.402.